The molecule has 0 bridgehead atoms. The van der Waals surface area contributed by atoms with E-state index in [4.69, 9.17) is 4.74 Å². The number of amides is 3. The Labute approximate surface area is 207 Å². The largest absolute Gasteiger partial charge is 0.444 e. The normalized spacial score (nSPS) is 17.9. The number of piperidine rings is 1. The van der Waals surface area contributed by atoms with Gasteiger partial charge in [-0.05, 0) is 75.8 Å². The second-order valence-corrected chi connectivity index (χ2v) is 9.92. The molecule has 0 saturated carbocycles. The molecule has 0 spiro atoms. The van der Waals surface area contributed by atoms with Crippen LogP contribution in [0.15, 0.2) is 24.4 Å². The van der Waals surface area contributed by atoms with Crippen molar-refractivity contribution in [2.24, 2.45) is 5.92 Å². The van der Waals surface area contributed by atoms with Crippen LogP contribution in [0.1, 0.15) is 57.7 Å². The van der Waals surface area contributed by atoms with Crippen molar-refractivity contribution < 1.29 is 32.3 Å². The molecule has 1 aliphatic rings. The number of anilines is 2. The van der Waals surface area contributed by atoms with Gasteiger partial charge in [0.2, 0.25) is 0 Å². The summed E-state index contributed by atoms with van der Waals surface area (Å²) in [6.07, 6.45) is 1.60. The number of pyridine rings is 1. The van der Waals surface area contributed by atoms with Crippen LogP contribution in [0, 0.1) is 30.3 Å². The van der Waals surface area contributed by atoms with Crippen LogP contribution in [0.3, 0.4) is 0 Å². The molecular weight excluding hydrogens is 477 g/mol. The third kappa shape index (κ3) is 6.52. The number of likely N-dealkylation sites (tertiary alicyclic amines) is 1. The molecule has 1 aromatic heterocycles. The van der Waals surface area contributed by atoms with Crippen LogP contribution in [-0.2, 0) is 14.3 Å². The molecular formula is C25H29F3N4O4. The van der Waals surface area contributed by atoms with Crippen molar-refractivity contribution in [3.8, 4) is 0 Å². The maximum Gasteiger partial charge on any atom is 0.413 e. The predicted molar refractivity (Wildman–Crippen MR) is 127 cm³/mol. The van der Waals surface area contributed by atoms with E-state index in [-0.39, 0.29) is 29.5 Å². The van der Waals surface area contributed by atoms with Crippen LogP contribution in [0.4, 0.5) is 29.5 Å². The second-order valence-electron chi connectivity index (χ2n) is 9.92. The fraction of sp³-hybridized carbons (Fsp3) is 0.440. The van der Waals surface area contributed by atoms with Gasteiger partial charge in [-0.1, -0.05) is 6.92 Å². The van der Waals surface area contributed by atoms with E-state index >= 15 is 0 Å². The molecule has 8 nitrogen and oxygen atoms in total. The van der Waals surface area contributed by atoms with Crippen molar-refractivity contribution in [1.82, 2.24) is 9.88 Å². The zero-order valence-electron chi connectivity index (χ0n) is 20.7. The Balaban J connectivity index is 1.74. The molecule has 2 N–H and O–H groups in total. The third-order valence-corrected chi connectivity index (χ3v) is 5.62. The first-order valence-corrected chi connectivity index (χ1v) is 11.5. The summed E-state index contributed by atoms with van der Waals surface area (Å²) >= 11 is 0. The minimum Gasteiger partial charge on any atom is -0.444 e. The lowest BCUT2D eigenvalue weighted by atomic mass is 9.89. The minimum absolute atomic E-state index is 0.0512. The third-order valence-electron chi connectivity index (χ3n) is 5.62. The van der Waals surface area contributed by atoms with Gasteiger partial charge in [-0.3, -0.25) is 14.9 Å². The number of nitrogens with zero attached hydrogens (tertiary/aromatic N) is 2. The first-order chi connectivity index (χ1) is 16.7. The lowest BCUT2D eigenvalue weighted by molar-refractivity contribution is -0.146. The molecule has 194 valence electrons. The zero-order valence-corrected chi connectivity index (χ0v) is 20.7. The topological polar surface area (TPSA) is 101 Å². The molecule has 0 radical (unpaired) electrons. The molecule has 1 fully saturated rings. The number of rotatable bonds is 3. The minimum atomic E-state index is -1.59. The molecule has 11 heteroatoms. The summed E-state index contributed by atoms with van der Waals surface area (Å²) in [5, 5.41) is 4.99. The standard InChI is InChI=1S/C25H29F3N4O4/c1-13-6-7-19(15-9-17(26)20(28)18(27)10-15)32(12-13)23(34)22(33)30-16-8-14(2)21(29-11-16)31-24(35)36-25(3,4)5/h8-11,13,19H,6-7,12H2,1-5H3,(H,30,33)(H,29,31,35). The molecule has 36 heavy (non-hydrogen) atoms. The van der Waals surface area contributed by atoms with Crippen LogP contribution in [0.2, 0.25) is 0 Å². The fourth-order valence-corrected chi connectivity index (χ4v) is 3.98. The Morgan fingerprint density at radius 1 is 1.06 bits per heavy atom. The van der Waals surface area contributed by atoms with Gasteiger partial charge in [0.25, 0.3) is 0 Å². The monoisotopic (exact) mass is 506 g/mol. The zero-order chi connectivity index (χ0) is 26.8. The number of nitrogens with one attached hydrogen (secondary N) is 2. The Kier molecular flexibility index (Phi) is 7.90. The molecule has 1 aliphatic heterocycles. The van der Waals surface area contributed by atoms with Gasteiger partial charge < -0.3 is 15.0 Å². The van der Waals surface area contributed by atoms with Gasteiger partial charge in [0.05, 0.1) is 17.9 Å². The van der Waals surface area contributed by atoms with E-state index in [0.717, 1.165) is 12.1 Å². The maximum absolute atomic E-state index is 13.8. The number of benzene rings is 1. The van der Waals surface area contributed by atoms with Gasteiger partial charge in [0.15, 0.2) is 17.5 Å². The highest BCUT2D eigenvalue weighted by molar-refractivity contribution is 6.39. The molecule has 0 aliphatic carbocycles. The van der Waals surface area contributed by atoms with Crippen molar-refractivity contribution in [3.63, 3.8) is 0 Å². The van der Waals surface area contributed by atoms with Crippen molar-refractivity contribution in [2.75, 3.05) is 17.2 Å². The summed E-state index contributed by atoms with van der Waals surface area (Å²) in [6.45, 7) is 8.90. The van der Waals surface area contributed by atoms with Crippen LogP contribution >= 0.6 is 0 Å². The Morgan fingerprint density at radius 3 is 2.28 bits per heavy atom. The van der Waals surface area contributed by atoms with Crippen LogP contribution in [0.25, 0.3) is 0 Å². The number of carbonyl (C=O) groups excluding carboxylic acids is 3. The quantitative estimate of drug-likeness (QED) is 0.446. The molecule has 2 heterocycles. The first kappa shape index (κ1) is 27.0. The van der Waals surface area contributed by atoms with Gasteiger partial charge in [-0.15, -0.1) is 0 Å². The van der Waals surface area contributed by atoms with E-state index in [1.165, 1.54) is 17.2 Å². The van der Waals surface area contributed by atoms with E-state index in [1.807, 2.05) is 6.92 Å². The van der Waals surface area contributed by atoms with Gasteiger partial charge in [0, 0.05) is 6.54 Å². The number of aromatic nitrogens is 1. The highest BCUT2D eigenvalue weighted by atomic mass is 19.2. The average Bonchev–Trinajstić information content (AvgIpc) is 2.77. The number of aryl methyl sites for hydroxylation is 1. The lowest BCUT2D eigenvalue weighted by Crippen LogP contribution is -2.46. The van der Waals surface area contributed by atoms with Crippen molar-refractivity contribution in [3.05, 3.63) is 53.0 Å². The van der Waals surface area contributed by atoms with E-state index < -0.39 is 47.0 Å². The van der Waals surface area contributed by atoms with Crippen LogP contribution in [-0.4, -0.2) is 39.9 Å². The molecule has 2 atom stereocenters. The van der Waals surface area contributed by atoms with E-state index in [9.17, 15) is 27.6 Å². The van der Waals surface area contributed by atoms with Gasteiger partial charge in [-0.2, -0.15) is 0 Å². The van der Waals surface area contributed by atoms with Gasteiger partial charge in [0.1, 0.15) is 11.4 Å². The summed E-state index contributed by atoms with van der Waals surface area (Å²) in [4.78, 5) is 43.2. The summed E-state index contributed by atoms with van der Waals surface area (Å²) in [5.74, 6) is -5.90. The molecule has 1 saturated heterocycles. The molecule has 3 rings (SSSR count). The number of hydrogen-bond acceptors (Lipinski definition) is 5. The van der Waals surface area contributed by atoms with Crippen molar-refractivity contribution in [2.45, 2.75) is 59.1 Å². The number of ether oxygens (including phenoxy) is 1. The Bertz CT molecular complexity index is 1160. The van der Waals surface area contributed by atoms with Crippen LogP contribution in [0.5, 0.6) is 0 Å². The van der Waals surface area contributed by atoms with Crippen molar-refractivity contribution in [1.29, 1.82) is 0 Å². The number of hydrogen-bond donors (Lipinski definition) is 2. The molecule has 1 aromatic carbocycles. The molecule has 2 aromatic rings. The lowest BCUT2D eigenvalue weighted by Gasteiger charge is -2.38. The summed E-state index contributed by atoms with van der Waals surface area (Å²) < 4.78 is 46.3. The Morgan fingerprint density at radius 2 is 1.69 bits per heavy atom. The second kappa shape index (κ2) is 10.5. The van der Waals surface area contributed by atoms with Crippen molar-refractivity contribution >= 4 is 29.4 Å². The SMILES string of the molecule is Cc1cc(NC(=O)C(=O)N2CC(C)CCC2c2cc(F)c(F)c(F)c2)cnc1NC(=O)OC(C)(C)C. The Hall–Kier alpha value is -3.63. The summed E-state index contributed by atoms with van der Waals surface area (Å²) in [6, 6.07) is 2.43. The first-order valence-electron chi connectivity index (χ1n) is 11.5. The van der Waals surface area contributed by atoms with E-state index in [2.05, 4.69) is 15.6 Å². The van der Waals surface area contributed by atoms with Crippen LogP contribution < -0.4 is 10.6 Å². The van der Waals surface area contributed by atoms with Gasteiger partial charge >= 0.3 is 17.9 Å². The highest BCUT2D eigenvalue weighted by Crippen LogP contribution is 2.34. The molecule has 3 amide bonds. The van der Waals surface area contributed by atoms with E-state index in [1.54, 1.807) is 27.7 Å². The maximum atomic E-state index is 13.8. The van der Waals surface area contributed by atoms with E-state index in [0.29, 0.717) is 18.4 Å². The smallest absolute Gasteiger partial charge is 0.413 e. The number of carbonyl (C=O) groups is 3. The predicted octanol–water partition coefficient (Wildman–Crippen LogP) is 5.09. The number of halogens is 3. The average molecular weight is 507 g/mol. The fourth-order valence-electron chi connectivity index (χ4n) is 3.98. The molecule has 2 unspecified atom stereocenters. The summed E-state index contributed by atoms with van der Waals surface area (Å²) in [5.41, 5.74) is 0.102. The van der Waals surface area contributed by atoms with Gasteiger partial charge in [-0.25, -0.2) is 22.9 Å². The highest BCUT2D eigenvalue weighted by Gasteiger charge is 2.35. The summed E-state index contributed by atoms with van der Waals surface area (Å²) in [7, 11) is 0.